The predicted octanol–water partition coefficient (Wildman–Crippen LogP) is 3.42. The van der Waals surface area contributed by atoms with Crippen LogP contribution in [0.25, 0.3) is 0 Å². The Morgan fingerprint density at radius 1 is 1.50 bits per heavy atom. The van der Waals surface area contributed by atoms with Crippen LogP contribution in [-0.4, -0.2) is 4.98 Å². The topological polar surface area (TPSA) is 12.9 Å². The highest BCUT2D eigenvalue weighted by Gasteiger charge is 2.08. The molecule has 0 aliphatic rings. The number of halogens is 2. The van der Waals surface area contributed by atoms with Gasteiger partial charge in [-0.05, 0) is 18.9 Å². The Bertz CT molecular complexity index is 274. The van der Waals surface area contributed by atoms with Crippen molar-refractivity contribution in [1.29, 1.82) is 0 Å². The van der Waals surface area contributed by atoms with Crippen molar-refractivity contribution < 1.29 is 4.39 Å². The molecule has 66 valence electrons. The molecule has 0 fully saturated rings. The van der Waals surface area contributed by atoms with Crippen molar-refractivity contribution in [3.8, 4) is 0 Å². The van der Waals surface area contributed by atoms with Gasteiger partial charge in [-0.3, -0.25) is 0 Å². The largest absolute Gasteiger partial charge is 0.224 e. The second kappa shape index (κ2) is 3.52. The van der Waals surface area contributed by atoms with E-state index in [0.717, 1.165) is 10.2 Å². The van der Waals surface area contributed by atoms with Gasteiger partial charge in [-0.15, -0.1) is 0 Å². The first-order valence-corrected chi connectivity index (χ1v) is 4.64. The summed E-state index contributed by atoms with van der Waals surface area (Å²) in [6.45, 7) is 5.68. The first-order chi connectivity index (χ1) is 5.52. The molecule has 0 aliphatic heterocycles. The fourth-order valence-corrected chi connectivity index (χ4v) is 1.26. The summed E-state index contributed by atoms with van der Waals surface area (Å²) in [5.41, 5.74) is 1.35. The molecule has 0 N–H and O–H groups in total. The summed E-state index contributed by atoms with van der Waals surface area (Å²) in [6, 6.07) is 1.86. The average molecular weight is 232 g/mol. The molecule has 0 aromatic carbocycles. The Balaban J connectivity index is 3.21. The van der Waals surface area contributed by atoms with Gasteiger partial charge in [0.2, 0.25) is 5.95 Å². The van der Waals surface area contributed by atoms with Crippen molar-refractivity contribution in [1.82, 2.24) is 4.98 Å². The van der Waals surface area contributed by atoms with Gasteiger partial charge in [0, 0.05) is 15.7 Å². The molecule has 0 aliphatic carbocycles. The highest BCUT2D eigenvalue weighted by atomic mass is 79.9. The third-order valence-corrected chi connectivity index (χ3v) is 2.58. The molecule has 0 spiro atoms. The molecule has 1 heterocycles. The third kappa shape index (κ3) is 1.83. The number of nitrogens with zero attached hydrogens (tertiary/aromatic N) is 1. The number of aromatic nitrogens is 1. The summed E-state index contributed by atoms with van der Waals surface area (Å²) in [7, 11) is 0. The van der Waals surface area contributed by atoms with E-state index >= 15 is 0 Å². The highest BCUT2D eigenvalue weighted by Crippen LogP contribution is 2.22. The zero-order valence-corrected chi connectivity index (χ0v) is 8.94. The number of hydrogen-bond acceptors (Lipinski definition) is 1. The number of rotatable bonds is 1. The normalized spacial score (nSPS) is 10.8. The summed E-state index contributed by atoms with van der Waals surface area (Å²) in [4.78, 5) is 3.84. The molecule has 0 bridgehead atoms. The summed E-state index contributed by atoms with van der Waals surface area (Å²) >= 11 is 3.29. The van der Waals surface area contributed by atoms with E-state index in [9.17, 15) is 4.39 Å². The van der Waals surface area contributed by atoms with Crippen LogP contribution < -0.4 is 0 Å². The van der Waals surface area contributed by atoms with Gasteiger partial charge in [-0.2, -0.15) is 4.39 Å². The zero-order chi connectivity index (χ0) is 9.30. The predicted molar refractivity (Wildman–Crippen MR) is 50.7 cm³/mol. The van der Waals surface area contributed by atoms with E-state index in [4.69, 9.17) is 0 Å². The Kier molecular flexibility index (Phi) is 2.83. The molecule has 0 unspecified atom stereocenters. The van der Waals surface area contributed by atoms with Crippen LogP contribution in [0.5, 0.6) is 0 Å². The summed E-state index contributed by atoms with van der Waals surface area (Å²) in [5.74, 6) is -0.121. The van der Waals surface area contributed by atoms with Gasteiger partial charge in [0.25, 0.3) is 0 Å². The van der Waals surface area contributed by atoms with E-state index in [1.807, 2.05) is 19.9 Å². The van der Waals surface area contributed by atoms with Crippen LogP contribution in [-0.2, 0) is 0 Å². The maximum absolute atomic E-state index is 13.1. The van der Waals surface area contributed by atoms with E-state index in [1.54, 1.807) is 6.92 Å². The minimum absolute atomic E-state index is 0.261. The van der Waals surface area contributed by atoms with E-state index < -0.39 is 0 Å². The Morgan fingerprint density at radius 3 is 2.50 bits per heavy atom. The van der Waals surface area contributed by atoms with Crippen molar-refractivity contribution in [3.63, 3.8) is 0 Å². The molecule has 0 saturated carbocycles. The van der Waals surface area contributed by atoms with Crippen LogP contribution in [0.15, 0.2) is 10.5 Å². The van der Waals surface area contributed by atoms with Gasteiger partial charge in [0.15, 0.2) is 0 Å². The molecule has 0 saturated heterocycles. The fourth-order valence-electron chi connectivity index (χ4n) is 0.862. The average Bonchev–Trinajstić information content (AvgIpc) is 1.99. The molecule has 0 radical (unpaired) electrons. The van der Waals surface area contributed by atoms with Gasteiger partial charge < -0.3 is 0 Å². The third-order valence-electron chi connectivity index (χ3n) is 1.76. The quantitative estimate of drug-likeness (QED) is 0.676. The SMILES string of the molecule is Cc1c(Br)cc(C(C)C)nc1F. The van der Waals surface area contributed by atoms with Gasteiger partial charge in [0.1, 0.15) is 0 Å². The first kappa shape index (κ1) is 9.65. The second-order valence-corrected chi connectivity index (χ2v) is 3.95. The molecule has 3 heteroatoms. The minimum Gasteiger partial charge on any atom is -0.224 e. The van der Waals surface area contributed by atoms with Gasteiger partial charge in [-0.25, -0.2) is 4.98 Å². The van der Waals surface area contributed by atoms with Gasteiger partial charge in [-0.1, -0.05) is 29.8 Å². The van der Waals surface area contributed by atoms with Gasteiger partial charge >= 0.3 is 0 Å². The van der Waals surface area contributed by atoms with Crippen molar-refractivity contribution in [2.75, 3.05) is 0 Å². The van der Waals surface area contributed by atoms with Crippen LogP contribution in [0.1, 0.15) is 31.0 Å². The van der Waals surface area contributed by atoms with Gasteiger partial charge in [0.05, 0.1) is 0 Å². The lowest BCUT2D eigenvalue weighted by atomic mass is 10.1. The molecule has 0 atom stereocenters. The zero-order valence-electron chi connectivity index (χ0n) is 7.36. The molecule has 0 amide bonds. The lowest BCUT2D eigenvalue weighted by Gasteiger charge is -2.06. The summed E-state index contributed by atoms with van der Waals surface area (Å²) in [6.07, 6.45) is 0. The molecule has 1 rings (SSSR count). The highest BCUT2D eigenvalue weighted by molar-refractivity contribution is 9.10. The van der Waals surface area contributed by atoms with Crippen LogP contribution in [0.2, 0.25) is 0 Å². The lowest BCUT2D eigenvalue weighted by molar-refractivity contribution is 0.561. The summed E-state index contributed by atoms with van der Waals surface area (Å²) in [5, 5.41) is 0. The minimum atomic E-state index is -0.381. The molecular weight excluding hydrogens is 221 g/mol. The van der Waals surface area contributed by atoms with Crippen molar-refractivity contribution in [3.05, 3.63) is 27.7 Å². The van der Waals surface area contributed by atoms with E-state index in [0.29, 0.717) is 5.56 Å². The molecule has 1 aromatic heterocycles. The number of pyridine rings is 1. The maximum atomic E-state index is 13.1. The second-order valence-electron chi connectivity index (χ2n) is 3.10. The molecule has 12 heavy (non-hydrogen) atoms. The van der Waals surface area contributed by atoms with Crippen LogP contribution in [0.3, 0.4) is 0 Å². The van der Waals surface area contributed by atoms with Crippen LogP contribution >= 0.6 is 15.9 Å². The van der Waals surface area contributed by atoms with Crippen LogP contribution in [0, 0.1) is 12.9 Å². The maximum Gasteiger partial charge on any atom is 0.217 e. The first-order valence-electron chi connectivity index (χ1n) is 3.85. The molecule has 1 aromatic rings. The van der Waals surface area contributed by atoms with Crippen molar-refractivity contribution in [2.45, 2.75) is 26.7 Å². The van der Waals surface area contributed by atoms with Crippen molar-refractivity contribution >= 4 is 15.9 Å². The standard InChI is InChI=1S/C9H11BrFN/c1-5(2)8-4-7(10)6(3)9(11)12-8/h4-5H,1-3H3. The van der Waals surface area contributed by atoms with Crippen molar-refractivity contribution in [2.24, 2.45) is 0 Å². The fraction of sp³-hybridized carbons (Fsp3) is 0.444. The van der Waals surface area contributed by atoms with Crippen LogP contribution in [0.4, 0.5) is 4.39 Å². The Morgan fingerprint density at radius 2 is 2.08 bits per heavy atom. The molecule has 1 nitrogen and oxygen atoms in total. The lowest BCUT2D eigenvalue weighted by Crippen LogP contribution is -1.98. The Labute approximate surface area is 80.1 Å². The van der Waals surface area contributed by atoms with E-state index in [2.05, 4.69) is 20.9 Å². The summed E-state index contributed by atoms with van der Waals surface area (Å²) < 4.78 is 13.8. The van der Waals surface area contributed by atoms with E-state index in [-0.39, 0.29) is 11.9 Å². The molecular formula is C9H11BrFN. The van der Waals surface area contributed by atoms with E-state index in [1.165, 1.54) is 0 Å². The monoisotopic (exact) mass is 231 g/mol. The number of hydrogen-bond donors (Lipinski definition) is 0. The Hall–Kier alpha value is -0.440. The smallest absolute Gasteiger partial charge is 0.217 e.